The number of pyridine rings is 1. The summed E-state index contributed by atoms with van der Waals surface area (Å²) in [5.41, 5.74) is 2.20. The predicted octanol–water partition coefficient (Wildman–Crippen LogP) is 2.76. The van der Waals surface area contributed by atoms with Gasteiger partial charge in [0.1, 0.15) is 17.6 Å². The molecule has 0 fully saturated rings. The average Bonchev–Trinajstić information content (AvgIpc) is 2.82. The lowest BCUT2D eigenvalue weighted by atomic mass is 10.3. The molecule has 0 radical (unpaired) electrons. The summed E-state index contributed by atoms with van der Waals surface area (Å²) in [6.07, 6.45) is 3.04. The first-order valence-corrected chi connectivity index (χ1v) is 6.23. The third-order valence-corrected chi connectivity index (χ3v) is 3.26. The van der Waals surface area contributed by atoms with E-state index in [1.54, 1.807) is 0 Å². The maximum absolute atomic E-state index is 6.02. The fraction of sp³-hybridized carbons (Fsp3) is 0.0833. The van der Waals surface area contributed by atoms with Crippen molar-refractivity contribution in [3.05, 3.63) is 52.3 Å². The molecule has 3 aromatic rings. The molecule has 0 saturated heterocycles. The largest absolute Gasteiger partial charge is 0.390 e. The van der Waals surface area contributed by atoms with Gasteiger partial charge in [0.25, 0.3) is 0 Å². The monoisotopic (exact) mass is 294 g/mol. The van der Waals surface area contributed by atoms with Crippen LogP contribution in [0.1, 0.15) is 5.56 Å². The molecule has 1 aromatic carbocycles. The molecule has 0 aliphatic carbocycles. The highest BCUT2D eigenvalue weighted by Crippen LogP contribution is 2.23. The fourth-order valence-electron chi connectivity index (χ4n) is 1.64. The van der Waals surface area contributed by atoms with Gasteiger partial charge in [-0.3, -0.25) is 4.98 Å². The fourth-order valence-corrected chi connectivity index (χ4v) is 2.12. The molecule has 0 spiro atoms. The Hall–Kier alpha value is -1.85. The molecule has 0 aliphatic heterocycles. The summed E-state index contributed by atoms with van der Waals surface area (Å²) >= 11 is 12.0. The maximum Gasteiger partial charge on any atom is 0.145 e. The van der Waals surface area contributed by atoms with E-state index >= 15 is 0 Å². The molecule has 0 saturated carbocycles. The molecule has 0 atom stereocenters. The lowest BCUT2D eigenvalue weighted by Crippen LogP contribution is -2.13. The molecule has 0 bridgehead atoms. The van der Waals surface area contributed by atoms with E-state index < -0.39 is 0 Å². The molecule has 0 N–H and O–H groups in total. The standard InChI is InChI=1S/C12H8Cl2N4O/c13-9-5-15-6-10(14)8(9)7-19-18-12-4-2-1-3-11(12)16-17-18/h1-6H,7H2. The van der Waals surface area contributed by atoms with Crippen molar-refractivity contribution in [2.75, 3.05) is 0 Å². The van der Waals surface area contributed by atoms with Crippen LogP contribution in [0, 0.1) is 0 Å². The number of aromatic nitrogens is 4. The first-order chi connectivity index (χ1) is 9.25. The van der Waals surface area contributed by atoms with E-state index in [0.29, 0.717) is 15.6 Å². The zero-order chi connectivity index (χ0) is 13.2. The van der Waals surface area contributed by atoms with Crippen molar-refractivity contribution < 1.29 is 4.84 Å². The van der Waals surface area contributed by atoms with E-state index in [0.717, 1.165) is 11.0 Å². The van der Waals surface area contributed by atoms with Crippen molar-refractivity contribution in [2.24, 2.45) is 0 Å². The second kappa shape index (κ2) is 5.03. The number of hydrogen-bond acceptors (Lipinski definition) is 4. The Labute approximate surface area is 118 Å². The van der Waals surface area contributed by atoms with Gasteiger partial charge in [-0.1, -0.05) is 40.2 Å². The summed E-state index contributed by atoms with van der Waals surface area (Å²) in [4.78, 5) is 10.8. The normalized spacial score (nSPS) is 10.8. The molecule has 0 unspecified atom stereocenters. The summed E-state index contributed by atoms with van der Waals surface area (Å²) in [5, 5.41) is 8.81. The van der Waals surface area contributed by atoms with Gasteiger partial charge in [0.2, 0.25) is 0 Å². The minimum Gasteiger partial charge on any atom is -0.390 e. The van der Waals surface area contributed by atoms with Crippen LogP contribution in [-0.4, -0.2) is 20.1 Å². The SMILES string of the molecule is Clc1cncc(Cl)c1COn1nnc2ccccc21. The Morgan fingerprint density at radius 2 is 1.84 bits per heavy atom. The zero-order valence-corrected chi connectivity index (χ0v) is 11.1. The number of para-hydroxylation sites is 1. The molecule has 0 amide bonds. The second-order valence-electron chi connectivity index (χ2n) is 3.81. The van der Waals surface area contributed by atoms with Crippen molar-refractivity contribution in [3.63, 3.8) is 0 Å². The summed E-state index contributed by atoms with van der Waals surface area (Å²) in [6.45, 7) is 0.188. The van der Waals surface area contributed by atoms with E-state index in [-0.39, 0.29) is 6.61 Å². The summed E-state index contributed by atoms with van der Waals surface area (Å²) < 4.78 is 0. The van der Waals surface area contributed by atoms with Crippen LogP contribution in [-0.2, 0) is 6.61 Å². The van der Waals surface area contributed by atoms with Crippen LogP contribution in [0.4, 0.5) is 0 Å². The minimum atomic E-state index is 0.188. The number of benzene rings is 1. The highest BCUT2D eigenvalue weighted by atomic mass is 35.5. The minimum absolute atomic E-state index is 0.188. The predicted molar refractivity (Wildman–Crippen MR) is 72.1 cm³/mol. The number of halogens is 2. The van der Waals surface area contributed by atoms with Crippen molar-refractivity contribution in [2.45, 2.75) is 6.61 Å². The second-order valence-corrected chi connectivity index (χ2v) is 4.62. The van der Waals surface area contributed by atoms with Crippen LogP contribution in [0.3, 0.4) is 0 Å². The molecule has 2 aromatic heterocycles. The van der Waals surface area contributed by atoms with Gasteiger partial charge in [-0.15, -0.1) is 5.10 Å². The first-order valence-electron chi connectivity index (χ1n) is 5.47. The van der Waals surface area contributed by atoms with Gasteiger partial charge < -0.3 is 4.84 Å². The van der Waals surface area contributed by atoms with Crippen molar-refractivity contribution in [1.82, 2.24) is 20.1 Å². The third kappa shape index (κ3) is 2.34. The van der Waals surface area contributed by atoms with Crippen LogP contribution in [0.2, 0.25) is 10.0 Å². The number of nitrogens with zero attached hydrogens (tertiary/aromatic N) is 4. The molecule has 19 heavy (non-hydrogen) atoms. The summed E-state index contributed by atoms with van der Waals surface area (Å²) in [5.74, 6) is 0. The Morgan fingerprint density at radius 1 is 1.11 bits per heavy atom. The van der Waals surface area contributed by atoms with Crippen molar-refractivity contribution in [3.8, 4) is 0 Å². The molecule has 0 aliphatic rings. The quantitative estimate of drug-likeness (QED) is 0.745. The Bertz CT molecular complexity index is 708. The van der Waals surface area contributed by atoms with Crippen LogP contribution >= 0.6 is 23.2 Å². The maximum atomic E-state index is 6.02. The van der Waals surface area contributed by atoms with Gasteiger partial charge in [0, 0.05) is 18.0 Å². The van der Waals surface area contributed by atoms with E-state index in [2.05, 4.69) is 15.3 Å². The van der Waals surface area contributed by atoms with Gasteiger partial charge in [0.05, 0.1) is 10.0 Å². The molecular weight excluding hydrogens is 287 g/mol. The topological polar surface area (TPSA) is 52.8 Å². The van der Waals surface area contributed by atoms with Gasteiger partial charge in [-0.25, -0.2) is 0 Å². The van der Waals surface area contributed by atoms with Crippen molar-refractivity contribution >= 4 is 34.2 Å². The van der Waals surface area contributed by atoms with Gasteiger partial charge in [-0.05, 0) is 17.3 Å². The third-order valence-electron chi connectivity index (χ3n) is 2.61. The Morgan fingerprint density at radius 3 is 2.63 bits per heavy atom. The summed E-state index contributed by atoms with van der Waals surface area (Å²) in [6, 6.07) is 7.50. The van der Waals surface area contributed by atoms with Gasteiger partial charge in [0.15, 0.2) is 0 Å². The van der Waals surface area contributed by atoms with Crippen LogP contribution in [0.5, 0.6) is 0 Å². The number of hydrogen-bond donors (Lipinski definition) is 0. The van der Waals surface area contributed by atoms with Crippen LogP contribution in [0.25, 0.3) is 11.0 Å². The lowest BCUT2D eigenvalue weighted by Gasteiger charge is -2.08. The van der Waals surface area contributed by atoms with Crippen LogP contribution in [0.15, 0.2) is 36.7 Å². The number of rotatable bonds is 3. The zero-order valence-electron chi connectivity index (χ0n) is 9.62. The van der Waals surface area contributed by atoms with Gasteiger partial charge in [-0.2, -0.15) is 0 Å². The van der Waals surface area contributed by atoms with E-state index in [1.807, 2.05) is 24.3 Å². The molecular formula is C12H8Cl2N4O. The Balaban J connectivity index is 1.87. The van der Waals surface area contributed by atoms with E-state index in [1.165, 1.54) is 17.2 Å². The van der Waals surface area contributed by atoms with Gasteiger partial charge >= 0.3 is 0 Å². The number of fused-ring (bicyclic) bond motifs is 1. The van der Waals surface area contributed by atoms with Crippen molar-refractivity contribution in [1.29, 1.82) is 0 Å². The highest BCUT2D eigenvalue weighted by molar-refractivity contribution is 6.35. The molecule has 5 nitrogen and oxygen atoms in total. The molecule has 3 rings (SSSR count). The Kier molecular flexibility index (Phi) is 3.23. The average molecular weight is 295 g/mol. The highest BCUT2D eigenvalue weighted by Gasteiger charge is 2.09. The lowest BCUT2D eigenvalue weighted by molar-refractivity contribution is 0.0752. The van der Waals surface area contributed by atoms with E-state index in [4.69, 9.17) is 28.0 Å². The molecule has 96 valence electrons. The molecule has 2 heterocycles. The first kappa shape index (κ1) is 12.2. The van der Waals surface area contributed by atoms with Crippen LogP contribution < -0.4 is 4.84 Å². The van der Waals surface area contributed by atoms with E-state index in [9.17, 15) is 0 Å². The smallest absolute Gasteiger partial charge is 0.145 e. The molecule has 7 heteroatoms. The summed E-state index contributed by atoms with van der Waals surface area (Å²) in [7, 11) is 0.